The van der Waals surface area contributed by atoms with E-state index in [0.717, 1.165) is 0 Å². The van der Waals surface area contributed by atoms with Gasteiger partial charge in [0.05, 0.1) is 0 Å². The van der Waals surface area contributed by atoms with Gasteiger partial charge in [0.2, 0.25) is 0 Å². The second-order valence-corrected chi connectivity index (χ2v) is 4.29. The van der Waals surface area contributed by atoms with E-state index < -0.39 is 11.4 Å². The first-order chi connectivity index (χ1) is 7.56. The van der Waals surface area contributed by atoms with Crippen molar-refractivity contribution in [1.82, 2.24) is 9.55 Å². The summed E-state index contributed by atoms with van der Waals surface area (Å²) in [6, 6.07) is 0. The number of carboxylic acid groups (broad SMARTS) is 1. The molecule has 1 aliphatic rings. The number of hydrogen-bond donors (Lipinski definition) is 1. The van der Waals surface area contributed by atoms with Gasteiger partial charge < -0.3 is 9.67 Å². The van der Waals surface area contributed by atoms with Crippen LogP contribution in [0.3, 0.4) is 0 Å². The van der Waals surface area contributed by atoms with E-state index in [1.54, 1.807) is 24.0 Å². The molecular formula is C11H14N2O3. The van der Waals surface area contributed by atoms with Crippen molar-refractivity contribution in [2.45, 2.75) is 31.1 Å². The summed E-state index contributed by atoms with van der Waals surface area (Å²) in [7, 11) is 1.78. The summed E-state index contributed by atoms with van der Waals surface area (Å²) in [5.41, 5.74) is -0.980. The molecule has 0 unspecified atom stereocenters. The maximum Gasteiger partial charge on any atom is 0.317 e. The third-order valence-corrected chi connectivity index (χ3v) is 3.32. The van der Waals surface area contributed by atoms with E-state index in [1.165, 1.54) is 0 Å². The summed E-state index contributed by atoms with van der Waals surface area (Å²) in [4.78, 5) is 26.8. The average molecular weight is 222 g/mol. The van der Waals surface area contributed by atoms with Crippen molar-refractivity contribution in [2.75, 3.05) is 0 Å². The molecule has 0 atom stereocenters. The van der Waals surface area contributed by atoms with Gasteiger partial charge in [-0.2, -0.15) is 0 Å². The summed E-state index contributed by atoms with van der Waals surface area (Å²) in [6.45, 7) is 0. The fraction of sp³-hybridized carbons (Fsp3) is 0.545. The molecule has 0 aliphatic heterocycles. The van der Waals surface area contributed by atoms with E-state index in [0.29, 0.717) is 31.5 Å². The van der Waals surface area contributed by atoms with E-state index in [9.17, 15) is 14.7 Å². The van der Waals surface area contributed by atoms with Crippen LogP contribution in [-0.2, 0) is 22.1 Å². The molecule has 1 heterocycles. The van der Waals surface area contributed by atoms with Crippen LogP contribution in [-0.4, -0.2) is 26.4 Å². The van der Waals surface area contributed by atoms with Crippen LogP contribution in [0.5, 0.6) is 0 Å². The minimum atomic E-state index is -0.980. The molecule has 1 aromatic rings. The van der Waals surface area contributed by atoms with Crippen LogP contribution < -0.4 is 0 Å². The molecule has 0 saturated heterocycles. The van der Waals surface area contributed by atoms with Gasteiger partial charge in [-0.05, 0) is 12.8 Å². The number of nitrogens with zero attached hydrogens (tertiary/aromatic N) is 2. The van der Waals surface area contributed by atoms with Gasteiger partial charge >= 0.3 is 5.97 Å². The molecule has 5 nitrogen and oxygen atoms in total. The lowest BCUT2D eigenvalue weighted by atomic mass is 9.73. The van der Waals surface area contributed by atoms with Crippen molar-refractivity contribution in [2.24, 2.45) is 7.05 Å². The lowest BCUT2D eigenvalue weighted by Gasteiger charge is -2.31. The monoisotopic (exact) mass is 222 g/mol. The Labute approximate surface area is 93.1 Å². The Morgan fingerprint density at radius 3 is 2.56 bits per heavy atom. The summed E-state index contributed by atoms with van der Waals surface area (Å²) in [5, 5.41) is 9.41. The number of imidazole rings is 1. The molecule has 1 aliphatic carbocycles. The summed E-state index contributed by atoms with van der Waals surface area (Å²) < 4.78 is 1.73. The van der Waals surface area contributed by atoms with Gasteiger partial charge in [-0.15, -0.1) is 0 Å². The van der Waals surface area contributed by atoms with Crippen LogP contribution in [0.1, 0.15) is 31.5 Å². The molecule has 2 rings (SSSR count). The predicted molar refractivity (Wildman–Crippen MR) is 56.0 cm³/mol. The van der Waals surface area contributed by atoms with E-state index in [4.69, 9.17) is 0 Å². The highest BCUT2D eigenvalue weighted by Gasteiger charge is 2.46. The largest absolute Gasteiger partial charge is 0.480 e. The molecule has 86 valence electrons. The van der Waals surface area contributed by atoms with E-state index in [2.05, 4.69) is 4.98 Å². The van der Waals surface area contributed by atoms with Crippen LogP contribution in [0.15, 0.2) is 12.4 Å². The third kappa shape index (κ3) is 1.52. The second kappa shape index (κ2) is 3.73. The smallest absolute Gasteiger partial charge is 0.317 e. The Morgan fingerprint density at radius 1 is 1.50 bits per heavy atom. The standard InChI is InChI=1S/C11H14N2O3/c1-13-7-6-12-9(13)11(10(15)16)4-2-8(14)3-5-11/h6-7H,2-5H2,1H3,(H,15,16). The topological polar surface area (TPSA) is 72.2 Å². The zero-order valence-electron chi connectivity index (χ0n) is 9.14. The van der Waals surface area contributed by atoms with E-state index >= 15 is 0 Å². The van der Waals surface area contributed by atoms with Crippen molar-refractivity contribution in [3.05, 3.63) is 18.2 Å². The molecule has 1 aromatic heterocycles. The number of ketones is 1. The second-order valence-electron chi connectivity index (χ2n) is 4.29. The molecular weight excluding hydrogens is 208 g/mol. The zero-order valence-corrected chi connectivity index (χ0v) is 9.14. The molecule has 0 bridgehead atoms. The number of aromatic nitrogens is 2. The highest BCUT2D eigenvalue weighted by Crippen LogP contribution is 2.37. The number of hydrogen-bond acceptors (Lipinski definition) is 3. The lowest BCUT2D eigenvalue weighted by Crippen LogP contribution is -2.41. The maximum atomic E-state index is 11.5. The molecule has 0 amide bonds. The highest BCUT2D eigenvalue weighted by atomic mass is 16.4. The molecule has 1 fully saturated rings. The van der Waals surface area contributed by atoms with Crippen molar-refractivity contribution in [1.29, 1.82) is 0 Å². The summed E-state index contributed by atoms with van der Waals surface area (Å²) in [5.74, 6) is -0.187. The molecule has 16 heavy (non-hydrogen) atoms. The molecule has 0 radical (unpaired) electrons. The van der Waals surface area contributed by atoms with Crippen molar-refractivity contribution in [3.63, 3.8) is 0 Å². The normalized spacial score (nSPS) is 19.7. The van der Waals surface area contributed by atoms with Crippen LogP contribution in [0, 0.1) is 0 Å². The van der Waals surface area contributed by atoms with Gasteiger partial charge in [-0.1, -0.05) is 0 Å². The van der Waals surface area contributed by atoms with Crippen molar-refractivity contribution >= 4 is 11.8 Å². The van der Waals surface area contributed by atoms with Crippen molar-refractivity contribution < 1.29 is 14.7 Å². The quantitative estimate of drug-likeness (QED) is 0.806. The Bertz CT molecular complexity index is 426. The van der Waals surface area contributed by atoms with Gasteiger partial charge in [0.25, 0.3) is 0 Å². The number of carboxylic acids is 1. The molecule has 1 N–H and O–H groups in total. The summed E-state index contributed by atoms with van der Waals surface area (Å²) in [6.07, 6.45) is 4.70. The number of carbonyl (C=O) groups excluding carboxylic acids is 1. The van der Waals surface area contributed by atoms with Gasteiger partial charge in [-0.3, -0.25) is 9.59 Å². The first kappa shape index (κ1) is 10.9. The number of Topliss-reactive ketones (excluding diaryl/α,β-unsaturated/α-hetero) is 1. The SMILES string of the molecule is Cn1ccnc1C1(C(=O)O)CCC(=O)CC1. The third-order valence-electron chi connectivity index (χ3n) is 3.32. The van der Waals surface area contributed by atoms with Crippen LogP contribution >= 0.6 is 0 Å². The molecule has 0 aromatic carbocycles. The van der Waals surface area contributed by atoms with E-state index in [1.807, 2.05) is 0 Å². The van der Waals surface area contributed by atoms with Crippen molar-refractivity contribution in [3.8, 4) is 0 Å². The van der Waals surface area contributed by atoms with Gasteiger partial charge in [0, 0.05) is 32.3 Å². The van der Waals surface area contributed by atoms with Gasteiger partial charge in [0.1, 0.15) is 17.0 Å². The first-order valence-electron chi connectivity index (χ1n) is 5.29. The summed E-state index contributed by atoms with van der Waals surface area (Å²) >= 11 is 0. The number of aliphatic carboxylic acids is 1. The van der Waals surface area contributed by atoms with E-state index in [-0.39, 0.29) is 5.78 Å². The Balaban J connectivity index is 2.41. The van der Waals surface area contributed by atoms with Crippen LogP contribution in [0.4, 0.5) is 0 Å². The van der Waals surface area contributed by atoms with Crippen LogP contribution in [0.25, 0.3) is 0 Å². The minimum absolute atomic E-state index is 0.145. The highest BCUT2D eigenvalue weighted by molar-refractivity contribution is 5.86. The first-order valence-corrected chi connectivity index (χ1v) is 5.29. The minimum Gasteiger partial charge on any atom is -0.480 e. The molecule has 1 saturated carbocycles. The van der Waals surface area contributed by atoms with Gasteiger partial charge in [-0.25, -0.2) is 4.98 Å². The Hall–Kier alpha value is -1.65. The van der Waals surface area contributed by atoms with Gasteiger partial charge in [0.15, 0.2) is 0 Å². The average Bonchev–Trinajstić information content (AvgIpc) is 2.66. The maximum absolute atomic E-state index is 11.5. The molecule has 5 heteroatoms. The Kier molecular flexibility index (Phi) is 2.53. The Morgan fingerprint density at radius 2 is 2.12 bits per heavy atom. The lowest BCUT2D eigenvalue weighted by molar-refractivity contribution is -0.146. The number of rotatable bonds is 2. The fourth-order valence-electron chi connectivity index (χ4n) is 2.32. The number of aryl methyl sites for hydroxylation is 1. The predicted octanol–water partition coefficient (Wildman–Crippen LogP) is 0.886. The number of carbonyl (C=O) groups is 2. The van der Waals surface area contributed by atoms with Crippen LogP contribution in [0.2, 0.25) is 0 Å². The molecule has 0 spiro atoms. The zero-order chi connectivity index (χ0) is 11.8. The fourth-order valence-corrected chi connectivity index (χ4v) is 2.32.